The molecule has 0 bridgehead atoms. The van der Waals surface area contributed by atoms with Gasteiger partial charge in [-0.15, -0.1) is 0 Å². The van der Waals surface area contributed by atoms with E-state index >= 15 is 0 Å². The Balaban J connectivity index is 2.07. The van der Waals surface area contributed by atoms with Gasteiger partial charge in [0.15, 0.2) is 0 Å². The van der Waals surface area contributed by atoms with Gasteiger partial charge in [-0.25, -0.2) is 4.98 Å². The van der Waals surface area contributed by atoms with Gasteiger partial charge in [-0.3, -0.25) is 0 Å². The minimum atomic E-state index is 0.651. The molecule has 1 aromatic heterocycles. The van der Waals surface area contributed by atoms with Crippen LogP contribution in [0.2, 0.25) is 0 Å². The van der Waals surface area contributed by atoms with E-state index in [2.05, 4.69) is 40.7 Å². The number of hydrogen-bond acceptors (Lipinski definition) is 2. The van der Waals surface area contributed by atoms with E-state index in [1.807, 2.05) is 31.3 Å². The molecule has 3 nitrogen and oxygen atoms in total. The van der Waals surface area contributed by atoms with Crippen LogP contribution in [0.15, 0.2) is 42.5 Å². The average Bonchev–Trinajstić information content (AvgIpc) is 2.77. The lowest BCUT2D eigenvalue weighted by atomic mass is 10.1. The maximum absolute atomic E-state index is 8.96. The van der Waals surface area contributed by atoms with Gasteiger partial charge < -0.3 is 4.57 Å². The fourth-order valence-electron chi connectivity index (χ4n) is 2.46. The molecule has 3 heteroatoms. The van der Waals surface area contributed by atoms with Gasteiger partial charge in [0.25, 0.3) is 0 Å². The molecule has 0 aliphatic carbocycles. The molecule has 0 atom stereocenters. The third kappa shape index (κ3) is 2.06. The van der Waals surface area contributed by atoms with Crippen molar-refractivity contribution in [2.45, 2.75) is 13.3 Å². The van der Waals surface area contributed by atoms with Crippen LogP contribution in [0.1, 0.15) is 22.5 Å². The normalized spacial score (nSPS) is 10.7. The van der Waals surface area contributed by atoms with E-state index in [-0.39, 0.29) is 0 Å². The topological polar surface area (TPSA) is 41.6 Å². The van der Waals surface area contributed by atoms with Crippen molar-refractivity contribution in [3.05, 3.63) is 65.0 Å². The van der Waals surface area contributed by atoms with Crippen LogP contribution in [0.5, 0.6) is 0 Å². The summed E-state index contributed by atoms with van der Waals surface area (Å²) in [5.41, 5.74) is 5.16. The molecular weight excluding hydrogens is 246 g/mol. The molecule has 3 aromatic rings. The maximum Gasteiger partial charge on any atom is 0.114 e. The Morgan fingerprint density at radius 2 is 2.00 bits per heavy atom. The summed E-state index contributed by atoms with van der Waals surface area (Å²) >= 11 is 0. The van der Waals surface area contributed by atoms with Crippen molar-refractivity contribution in [1.82, 2.24) is 9.55 Å². The van der Waals surface area contributed by atoms with Crippen LogP contribution in [0, 0.1) is 18.3 Å². The van der Waals surface area contributed by atoms with Gasteiger partial charge in [0.05, 0.1) is 22.7 Å². The van der Waals surface area contributed by atoms with E-state index < -0.39 is 0 Å². The lowest BCUT2D eigenvalue weighted by molar-refractivity contribution is 0.842. The summed E-state index contributed by atoms with van der Waals surface area (Å²) in [6.07, 6.45) is 0.805. The Morgan fingerprint density at radius 3 is 2.75 bits per heavy atom. The standard InChI is InChI=1S/C17H15N3/c1-12-5-3-4-6-14(12)10-17-19-15-9-13(11-18)7-8-16(15)20(17)2/h3-9H,10H2,1-2H3. The summed E-state index contributed by atoms with van der Waals surface area (Å²) in [6, 6.07) is 16.2. The van der Waals surface area contributed by atoms with Crippen LogP contribution in [0.3, 0.4) is 0 Å². The van der Waals surface area contributed by atoms with Gasteiger partial charge >= 0.3 is 0 Å². The second kappa shape index (κ2) is 4.82. The molecule has 0 saturated heterocycles. The molecule has 3 rings (SSSR count). The van der Waals surface area contributed by atoms with Crippen molar-refractivity contribution in [3.8, 4) is 6.07 Å². The van der Waals surface area contributed by atoms with Gasteiger partial charge in [-0.05, 0) is 36.2 Å². The van der Waals surface area contributed by atoms with Crippen LogP contribution in [-0.4, -0.2) is 9.55 Å². The lowest BCUT2D eigenvalue weighted by Gasteiger charge is -2.05. The summed E-state index contributed by atoms with van der Waals surface area (Å²) in [5.74, 6) is 1.02. The Labute approximate surface area is 118 Å². The summed E-state index contributed by atoms with van der Waals surface area (Å²) in [5, 5.41) is 8.96. The van der Waals surface area contributed by atoms with Gasteiger partial charge in [0.2, 0.25) is 0 Å². The fraction of sp³-hybridized carbons (Fsp3) is 0.176. The molecule has 0 aliphatic heterocycles. The summed E-state index contributed by atoms with van der Waals surface area (Å²) in [4.78, 5) is 4.67. The van der Waals surface area contributed by atoms with E-state index in [0.717, 1.165) is 23.3 Å². The Bertz CT molecular complexity index is 822. The molecule has 0 aliphatic rings. The summed E-state index contributed by atoms with van der Waals surface area (Å²) in [6.45, 7) is 2.12. The van der Waals surface area contributed by atoms with Crippen molar-refractivity contribution >= 4 is 11.0 Å². The van der Waals surface area contributed by atoms with Crippen LogP contribution in [0.25, 0.3) is 11.0 Å². The van der Waals surface area contributed by atoms with Crippen LogP contribution < -0.4 is 0 Å². The van der Waals surface area contributed by atoms with E-state index in [0.29, 0.717) is 5.56 Å². The van der Waals surface area contributed by atoms with Crippen LogP contribution in [-0.2, 0) is 13.5 Å². The van der Waals surface area contributed by atoms with Crippen molar-refractivity contribution in [2.24, 2.45) is 7.05 Å². The summed E-state index contributed by atoms with van der Waals surface area (Å²) < 4.78 is 2.10. The maximum atomic E-state index is 8.96. The zero-order valence-electron chi connectivity index (χ0n) is 11.6. The number of rotatable bonds is 2. The highest BCUT2D eigenvalue weighted by atomic mass is 15.1. The number of aryl methyl sites for hydroxylation is 2. The van der Waals surface area contributed by atoms with Crippen molar-refractivity contribution in [1.29, 1.82) is 5.26 Å². The average molecular weight is 261 g/mol. The zero-order chi connectivity index (χ0) is 14.1. The highest BCUT2D eigenvalue weighted by Crippen LogP contribution is 2.19. The second-order valence-corrected chi connectivity index (χ2v) is 5.01. The van der Waals surface area contributed by atoms with Crippen molar-refractivity contribution in [2.75, 3.05) is 0 Å². The molecular formula is C17H15N3. The number of hydrogen-bond donors (Lipinski definition) is 0. The van der Waals surface area contributed by atoms with E-state index in [1.54, 1.807) is 0 Å². The van der Waals surface area contributed by atoms with E-state index in [4.69, 9.17) is 5.26 Å². The Kier molecular flexibility index (Phi) is 3.00. The van der Waals surface area contributed by atoms with Crippen molar-refractivity contribution in [3.63, 3.8) is 0 Å². The molecule has 98 valence electrons. The number of benzene rings is 2. The molecule has 0 fully saturated rings. The monoisotopic (exact) mass is 261 g/mol. The largest absolute Gasteiger partial charge is 0.331 e. The third-order valence-corrected chi connectivity index (χ3v) is 3.71. The smallest absolute Gasteiger partial charge is 0.114 e. The quantitative estimate of drug-likeness (QED) is 0.710. The first-order chi connectivity index (χ1) is 9.69. The molecule has 0 amide bonds. The molecule has 20 heavy (non-hydrogen) atoms. The van der Waals surface area contributed by atoms with Crippen LogP contribution >= 0.6 is 0 Å². The van der Waals surface area contributed by atoms with E-state index in [1.165, 1.54) is 11.1 Å². The third-order valence-electron chi connectivity index (χ3n) is 3.71. The summed E-state index contributed by atoms with van der Waals surface area (Å²) in [7, 11) is 2.02. The Morgan fingerprint density at radius 1 is 1.20 bits per heavy atom. The van der Waals surface area contributed by atoms with Gasteiger partial charge in [0.1, 0.15) is 5.82 Å². The molecule has 0 N–H and O–H groups in total. The molecule has 1 heterocycles. The molecule has 2 aromatic carbocycles. The van der Waals surface area contributed by atoms with Gasteiger partial charge in [0, 0.05) is 13.5 Å². The molecule has 0 radical (unpaired) electrons. The molecule has 0 spiro atoms. The first-order valence-corrected chi connectivity index (χ1v) is 6.59. The predicted octanol–water partition coefficient (Wildman–Crippen LogP) is 3.34. The Hall–Kier alpha value is -2.60. The first-order valence-electron chi connectivity index (χ1n) is 6.59. The first kappa shape index (κ1) is 12.4. The molecule has 0 saturated carbocycles. The minimum absolute atomic E-state index is 0.651. The number of fused-ring (bicyclic) bond motifs is 1. The molecule has 0 unspecified atom stereocenters. The van der Waals surface area contributed by atoms with Crippen LogP contribution in [0.4, 0.5) is 0 Å². The number of nitriles is 1. The minimum Gasteiger partial charge on any atom is -0.331 e. The number of aromatic nitrogens is 2. The van der Waals surface area contributed by atoms with Crippen molar-refractivity contribution < 1.29 is 0 Å². The van der Waals surface area contributed by atoms with E-state index in [9.17, 15) is 0 Å². The predicted molar refractivity (Wildman–Crippen MR) is 79.4 cm³/mol. The second-order valence-electron chi connectivity index (χ2n) is 5.01. The highest BCUT2D eigenvalue weighted by Gasteiger charge is 2.10. The number of nitrogens with zero attached hydrogens (tertiary/aromatic N) is 3. The fourth-order valence-corrected chi connectivity index (χ4v) is 2.46. The SMILES string of the molecule is Cc1ccccc1Cc1nc2cc(C#N)ccc2n1C. The zero-order valence-corrected chi connectivity index (χ0v) is 11.6. The van der Waals surface area contributed by atoms with Gasteiger partial charge in [-0.1, -0.05) is 24.3 Å². The lowest BCUT2D eigenvalue weighted by Crippen LogP contribution is -2.00. The van der Waals surface area contributed by atoms with Gasteiger partial charge in [-0.2, -0.15) is 5.26 Å². The highest BCUT2D eigenvalue weighted by molar-refractivity contribution is 5.77. The number of imidazole rings is 1.